The molecule has 5 heteroatoms. The minimum absolute atomic E-state index is 0.0731. The first-order chi connectivity index (χ1) is 11.6. The molecule has 1 aliphatic rings. The number of morpholine rings is 1. The number of ether oxygens (including phenoxy) is 1. The minimum Gasteiger partial charge on any atom is -0.399 e. The van der Waals surface area contributed by atoms with Crippen molar-refractivity contribution in [1.29, 1.82) is 0 Å². The summed E-state index contributed by atoms with van der Waals surface area (Å²) in [6, 6.07) is 7.89. The van der Waals surface area contributed by atoms with Crippen LogP contribution < -0.4 is 11.1 Å². The van der Waals surface area contributed by atoms with E-state index in [4.69, 9.17) is 10.5 Å². The van der Waals surface area contributed by atoms with Gasteiger partial charge in [0.2, 0.25) is 5.91 Å². The Kier molecular flexibility index (Phi) is 7.53. The first-order valence-corrected chi connectivity index (χ1v) is 9.07. The molecule has 2 rings (SSSR count). The van der Waals surface area contributed by atoms with Crippen molar-refractivity contribution in [3.8, 4) is 0 Å². The van der Waals surface area contributed by atoms with E-state index in [1.165, 1.54) is 0 Å². The van der Waals surface area contributed by atoms with Crippen molar-refractivity contribution < 1.29 is 9.53 Å². The quantitative estimate of drug-likeness (QED) is 0.715. The number of benzene rings is 1. The first kappa shape index (κ1) is 18.7. The summed E-state index contributed by atoms with van der Waals surface area (Å²) in [5.74, 6) is 0.670. The monoisotopic (exact) mass is 333 g/mol. The highest BCUT2D eigenvalue weighted by Gasteiger charge is 2.27. The van der Waals surface area contributed by atoms with Crippen LogP contribution in [0.5, 0.6) is 0 Å². The fraction of sp³-hybridized carbons (Fsp3) is 0.632. The van der Waals surface area contributed by atoms with Gasteiger partial charge in [-0.25, -0.2) is 0 Å². The lowest BCUT2D eigenvalue weighted by Gasteiger charge is -2.38. The Balaban J connectivity index is 1.90. The largest absolute Gasteiger partial charge is 0.399 e. The Bertz CT molecular complexity index is 494. The Morgan fingerprint density at radius 1 is 1.21 bits per heavy atom. The summed E-state index contributed by atoms with van der Waals surface area (Å²) in [6.07, 6.45) is 2.66. The third-order valence-corrected chi connectivity index (χ3v) is 4.96. The summed E-state index contributed by atoms with van der Waals surface area (Å²) in [6.45, 7) is 8.66. The van der Waals surface area contributed by atoms with E-state index < -0.39 is 0 Å². The molecule has 134 valence electrons. The second kappa shape index (κ2) is 9.64. The molecule has 24 heavy (non-hydrogen) atoms. The number of hydrogen-bond acceptors (Lipinski definition) is 4. The van der Waals surface area contributed by atoms with E-state index in [1.807, 2.05) is 24.3 Å². The smallest absolute Gasteiger partial charge is 0.224 e. The van der Waals surface area contributed by atoms with Gasteiger partial charge in [0.05, 0.1) is 19.6 Å². The number of carbonyl (C=O) groups is 1. The van der Waals surface area contributed by atoms with Crippen LogP contribution >= 0.6 is 0 Å². The molecule has 1 aromatic rings. The summed E-state index contributed by atoms with van der Waals surface area (Å²) < 4.78 is 5.47. The Labute approximate surface area is 145 Å². The first-order valence-electron chi connectivity index (χ1n) is 9.07. The van der Waals surface area contributed by atoms with Crippen molar-refractivity contribution in [2.24, 2.45) is 5.92 Å². The second-order valence-electron chi connectivity index (χ2n) is 6.51. The van der Waals surface area contributed by atoms with Gasteiger partial charge in [0.25, 0.3) is 0 Å². The molecule has 0 saturated carbocycles. The molecule has 1 fully saturated rings. The molecular formula is C19H31N3O2. The number of nitrogens with zero attached hydrogens (tertiary/aromatic N) is 1. The van der Waals surface area contributed by atoms with Gasteiger partial charge < -0.3 is 15.8 Å². The molecule has 3 N–H and O–H groups in total. The molecule has 5 nitrogen and oxygen atoms in total. The average Bonchev–Trinajstić information content (AvgIpc) is 2.61. The van der Waals surface area contributed by atoms with Gasteiger partial charge >= 0.3 is 0 Å². The van der Waals surface area contributed by atoms with Gasteiger partial charge in [0.15, 0.2) is 0 Å². The SMILES string of the molecule is CCC(CC)C(CNC(=O)Cc1ccc(N)cc1)N1CCOCC1. The molecule has 1 unspecified atom stereocenters. The maximum absolute atomic E-state index is 12.3. The number of nitrogens with two attached hydrogens (primary N) is 1. The molecule has 1 amide bonds. The van der Waals surface area contributed by atoms with Gasteiger partial charge in [-0.3, -0.25) is 9.69 Å². The summed E-state index contributed by atoms with van der Waals surface area (Å²) in [5.41, 5.74) is 7.40. The van der Waals surface area contributed by atoms with Gasteiger partial charge in [-0.05, 0) is 23.6 Å². The highest BCUT2D eigenvalue weighted by Crippen LogP contribution is 2.19. The number of rotatable bonds is 8. The standard InChI is InChI=1S/C19H31N3O2/c1-3-16(4-2)18(22-9-11-24-12-10-22)14-21-19(23)13-15-5-7-17(20)8-6-15/h5-8,16,18H,3-4,9-14,20H2,1-2H3,(H,21,23). The van der Waals surface area contributed by atoms with E-state index in [9.17, 15) is 4.79 Å². The number of anilines is 1. The van der Waals surface area contributed by atoms with E-state index >= 15 is 0 Å². The van der Waals surface area contributed by atoms with Gasteiger partial charge in [-0.15, -0.1) is 0 Å². The molecule has 0 bridgehead atoms. The lowest BCUT2D eigenvalue weighted by atomic mass is 9.92. The van der Waals surface area contributed by atoms with Crippen LogP contribution in [0.15, 0.2) is 24.3 Å². The van der Waals surface area contributed by atoms with Gasteiger partial charge in [-0.2, -0.15) is 0 Å². The summed E-state index contributed by atoms with van der Waals surface area (Å²) >= 11 is 0. The predicted octanol–water partition coefficient (Wildman–Crippen LogP) is 2.06. The highest BCUT2D eigenvalue weighted by molar-refractivity contribution is 5.78. The van der Waals surface area contributed by atoms with Crippen molar-refractivity contribution in [1.82, 2.24) is 10.2 Å². The third-order valence-electron chi connectivity index (χ3n) is 4.96. The maximum atomic E-state index is 12.3. The number of nitrogen functional groups attached to an aromatic ring is 1. The lowest BCUT2D eigenvalue weighted by molar-refractivity contribution is -0.121. The zero-order valence-electron chi connectivity index (χ0n) is 15.0. The Morgan fingerprint density at radius 2 is 1.83 bits per heavy atom. The van der Waals surface area contributed by atoms with Gasteiger partial charge in [0, 0.05) is 31.4 Å². The number of hydrogen-bond donors (Lipinski definition) is 2. The van der Waals surface area contributed by atoms with Gasteiger partial charge in [-0.1, -0.05) is 38.8 Å². The molecule has 0 aliphatic carbocycles. The van der Waals surface area contributed by atoms with Gasteiger partial charge in [0.1, 0.15) is 0 Å². The van der Waals surface area contributed by atoms with Crippen LogP contribution in [-0.4, -0.2) is 49.7 Å². The van der Waals surface area contributed by atoms with E-state index in [2.05, 4.69) is 24.1 Å². The maximum Gasteiger partial charge on any atom is 0.224 e. The van der Waals surface area contributed by atoms with Crippen LogP contribution in [0.2, 0.25) is 0 Å². The summed E-state index contributed by atoms with van der Waals surface area (Å²) in [7, 11) is 0. The van der Waals surface area contributed by atoms with Crippen molar-refractivity contribution >= 4 is 11.6 Å². The topological polar surface area (TPSA) is 67.6 Å². The molecule has 1 aromatic carbocycles. The van der Waals surface area contributed by atoms with E-state index in [0.29, 0.717) is 24.9 Å². The Hall–Kier alpha value is -1.59. The highest BCUT2D eigenvalue weighted by atomic mass is 16.5. The van der Waals surface area contributed by atoms with Crippen molar-refractivity contribution in [3.05, 3.63) is 29.8 Å². The van der Waals surface area contributed by atoms with Crippen molar-refractivity contribution in [3.63, 3.8) is 0 Å². The molecule has 0 aromatic heterocycles. The average molecular weight is 333 g/mol. The molecule has 1 heterocycles. The fourth-order valence-electron chi connectivity index (χ4n) is 3.44. The predicted molar refractivity (Wildman–Crippen MR) is 97.8 cm³/mol. The minimum atomic E-state index is 0.0731. The van der Waals surface area contributed by atoms with Crippen LogP contribution in [0.4, 0.5) is 5.69 Å². The zero-order chi connectivity index (χ0) is 17.4. The third kappa shape index (κ3) is 5.49. The fourth-order valence-corrected chi connectivity index (χ4v) is 3.44. The molecule has 0 spiro atoms. The van der Waals surface area contributed by atoms with Crippen LogP contribution in [0.25, 0.3) is 0 Å². The van der Waals surface area contributed by atoms with E-state index in [-0.39, 0.29) is 5.91 Å². The normalized spacial score (nSPS) is 17.0. The number of amides is 1. The molecule has 1 atom stereocenters. The van der Waals surface area contributed by atoms with E-state index in [0.717, 1.165) is 50.4 Å². The number of nitrogens with one attached hydrogen (secondary N) is 1. The van der Waals surface area contributed by atoms with Crippen LogP contribution in [-0.2, 0) is 16.0 Å². The van der Waals surface area contributed by atoms with Crippen molar-refractivity contribution in [2.75, 3.05) is 38.6 Å². The summed E-state index contributed by atoms with van der Waals surface area (Å²) in [4.78, 5) is 14.8. The molecule has 0 radical (unpaired) electrons. The van der Waals surface area contributed by atoms with Crippen molar-refractivity contribution in [2.45, 2.75) is 39.2 Å². The van der Waals surface area contributed by atoms with Crippen LogP contribution in [0, 0.1) is 5.92 Å². The summed E-state index contributed by atoms with van der Waals surface area (Å²) in [5, 5.41) is 3.14. The zero-order valence-corrected chi connectivity index (χ0v) is 15.0. The Morgan fingerprint density at radius 3 is 2.42 bits per heavy atom. The molecule has 1 aliphatic heterocycles. The van der Waals surface area contributed by atoms with Crippen LogP contribution in [0.1, 0.15) is 32.3 Å². The second-order valence-corrected chi connectivity index (χ2v) is 6.51. The molecule has 1 saturated heterocycles. The van der Waals surface area contributed by atoms with Crippen LogP contribution in [0.3, 0.4) is 0 Å². The number of carbonyl (C=O) groups excluding carboxylic acids is 1. The van der Waals surface area contributed by atoms with E-state index in [1.54, 1.807) is 0 Å². The lowest BCUT2D eigenvalue weighted by Crippen LogP contribution is -2.52. The molecular weight excluding hydrogens is 302 g/mol.